The van der Waals surface area contributed by atoms with Crippen LogP contribution in [0.5, 0.6) is 0 Å². The maximum absolute atomic E-state index is 11.5. The number of carboxylic acids is 2. The van der Waals surface area contributed by atoms with Crippen LogP contribution in [-0.4, -0.2) is 40.4 Å². The summed E-state index contributed by atoms with van der Waals surface area (Å²) < 4.78 is 4.71. The normalized spacial score (nSPS) is 35.1. The van der Waals surface area contributed by atoms with E-state index in [1.54, 1.807) is 0 Å². The van der Waals surface area contributed by atoms with E-state index in [4.69, 9.17) is 9.84 Å². The van der Waals surface area contributed by atoms with Crippen molar-refractivity contribution in [3.05, 3.63) is 12.7 Å². The Balaban J connectivity index is 2.12. The third-order valence-electron chi connectivity index (χ3n) is 3.93. The van der Waals surface area contributed by atoms with Crippen molar-refractivity contribution in [3.63, 3.8) is 0 Å². The van der Waals surface area contributed by atoms with Crippen LogP contribution < -0.4 is 5.32 Å². The highest BCUT2D eigenvalue weighted by molar-refractivity contribution is 5.89. The predicted molar refractivity (Wildman–Crippen MR) is 62.4 cm³/mol. The van der Waals surface area contributed by atoms with E-state index >= 15 is 0 Å². The summed E-state index contributed by atoms with van der Waals surface area (Å²) in [6.07, 6.45) is 1.21. The molecule has 3 N–H and O–H groups in total. The molecular formula is C12H15NO6. The molecule has 0 bridgehead atoms. The van der Waals surface area contributed by atoms with Gasteiger partial charge < -0.3 is 20.3 Å². The number of carboxylic acid groups (broad SMARTS) is 2. The summed E-state index contributed by atoms with van der Waals surface area (Å²) in [5.74, 6) is -3.64. The quantitative estimate of drug-likeness (QED) is 0.625. The largest absolute Gasteiger partial charge is 0.481 e. The molecule has 2 aliphatic carbocycles. The molecule has 0 aromatic heterocycles. The van der Waals surface area contributed by atoms with Crippen LogP contribution >= 0.6 is 0 Å². The Morgan fingerprint density at radius 3 is 2.58 bits per heavy atom. The number of hydrogen-bond acceptors (Lipinski definition) is 4. The summed E-state index contributed by atoms with van der Waals surface area (Å²) in [4.78, 5) is 34.0. The average Bonchev–Trinajstić information content (AvgIpc) is 2.97. The standard InChI is InChI=1S/C12H15NO6/c1-2-5-19-11(18)13-12(10(16)17)4-3-6-7(8(6)12)9(14)15/h2,6-8H,1,3-5H2,(H,13,18)(H,14,15)(H,16,17)/t6-,7-,8-,12?/m0/s1. The van der Waals surface area contributed by atoms with Gasteiger partial charge in [-0.15, -0.1) is 0 Å². The zero-order valence-electron chi connectivity index (χ0n) is 10.2. The van der Waals surface area contributed by atoms with Crippen LogP contribution in [0, 0.1) is 17.8 Å². The number of aliphatic carboxylic acids is 2. The molecular weight excluding hydrogens is 254 g/mol. The zero-order valence-corrected chi connectivity index (χ0v) is 10.2. The first-order valence-electron chi connectivity index (χ1n) is 5.96. The van der Waals surface area contributed by atoms with Gasteiger partial charge in [0.15, 0.2) is 0 Å². The van der Waals surface area contributed by atoms with E-state index in [1.807, 2.05) is 0 Å². The number of carbonyl (C=O) groups excluding carboxylic acids is 1. The van der Waals surface area contributed by atoms with Crippen molar-refractivity contribution in [1.29, 1.82) is 0 Å². The fraction of sp³-hybridized carbons (Fsp3) is 0.583. The minimum absolute atomic E-state index is 0.0298. The summed E-state index contributed by atoms with van der Waals surface area (Å²) >= 11 is 0. The SMILES string of the molecule is C=CCOC(=O)NC1(C(=O)O)CC[C@H]2[C@H](C(=O)O)[C@H]21. The molecule has 0 saturated heterocycles. The minimum atomic E-state index is -1.52. The van der Waals surface area contributed by atoms with Gasteiger partial charge in [-0.1, -0.05) is 12.7 Å². The molecule has 19 heavy (non-hydrogen) atoms. The summed E-state index contributed by atoms with van der Waals surface area (Å²) in [5.41, 5.74) is -1.52. The average molecular weight is 269 g/mol. The van der Waals surface area contributed by atoms with Gasteiger partial charge in [0.25, 0.3) is 0 Å². The highest BCUT2D eigenvalue weighted by atomic mass is 16.5. The fourth-order valence-electron chi connectivity index (χ4n) is 3.10. The second kappa shape index (κ2) is 4.56. The van der Waals surface area contributed by atoms with Crippen molar-refractivity contribution in [3.8, 4) is 0 Å². The molecule has 0 aliphatic heterocycles. The molecule has 7 heteroatoms. The second-order valence-corrected chi connectivity index (χ2v) is 4.88. The molecule has 0 aromatic carbocycles. The number of nitrogens with one attached hydrogen (secondary N) is 1. The minimum Gasteiger partial charge on any atom is -0.481 e. The van der Waals surface area contributed by atoms with Gasteiger partial charge in [-0.05, 0) is 18.8 Å². The van der Waals surface area contributed by atoms with Gasteiger partial charge in [-0.25, -0.2) is 9.59 Å². The molecule has 104 valence electrons. The zero-order chi connectivity index (χ0) is 14.2. The van der Waals surface area contributed by atoms with E-state index in [0.29, 0.717) is 6.42 Å². The fourth-order valence-corrected chi connectivity index (χ4v) is 3.10. The van der Waals surface area contributed by atoms with E-state index < -0.39 is 35.4 Å². The highest BCUT2D eigenvalue weighted by Gasteiger charge is 2.72. The van der Waals surface area contributed by atoms with Crippen LogP contribution in [0.1, 0.15) is 12.8 Å². The molecule has 7 nitrogen and oxygen atoms in total. The predicted octanol–water partition coefficient (Wildman–Crippen LogP) is 0.463. The van der Waals surface area contributed by atoms with Gasteiger partial charge in [-0.2, -0.15) is 0 Å². The third-order valence-corrected chi connectivity index (χ3v) is 3.93. The van der Waals surface area contributed by atoms with Gasteiger partial charge in [0.1, 0.15) is 12.1 Å². The van der Waals surface area contributed by atoms with Crippen LogP contribution in [-0.2, 0) is 14.3 Å². The number of alkyl carbamates (subject to hydrolysis) is 1. The number of amides is 1. The van der Waals surface area contributed by atoms with Crippen molar-refractivity contribution in [2.45, 2.75) is 18.4 Å². The van der Waals surface area contributed by atoms with Crippen molar-refractivity contribution in [2.75, 3.05) is 6.61 Å². The lowest BCUT2D eigenvalue weighted by Crippen LogP contribution is -2.56. The lowest BCUT2D eigenvalue weighted by Gasteiger charge is -2.27. The Kier molecular flexibility index (Phi) is 3.21. The van der Waals surface area contributed by atoms with Gasteiger partial charge in [-0.3, -0.25) is 4.79 Å². The van der Waals surface area contributed by atoms with Crippen LogP contribution in [0.3, 0.4) is 0 Å². The first-order valence-corrected chi connectivity index (χ1v) is 5.96. The molecule has 1 amide bonds. The van der Waals surface area contributed by atoms with E-state index in [9.17, 15) is 19.5 Å². The van der Waals surface area contributed by atoms with Gasteiger partial charge in [0.2, 0.25) is 0 Å². The van der Waals surface area contributed by atoms with E-state index in [2.05, 4.69) is 11.9 Å². The second-order valence-electron chi connectivity index (χ2n) is 4.88. The highest BCUT2D eigenvalue weighted by Crippen LogP contribution is 2.62. The Morgan fingerprint density at radius 2 is 2.11 bits per heavy atom. The number of rotatable bonds is 5. The van der Waals surface area contributed by atoms with Crippen LogP contribution in [0.25, 0.3) is 0 Å². The summed E-state index contributed by atoms with van der Waals surface area (Å²) in [6, 6.07) is 0. The lowest BCUT2D eigenvalue weighted by atomic mass is 9.90. The van der Waals surface area contributed by atoms with Crippen molar-refractivity contribution < 1.29 is 29.3 Å². The Bertz CT molecular complexity index is 448. The molecule has 0 heterocycles. The smallest absolute Gasteiger partial charge is 0.408 e. The lowest BCUT2D eigenvalue weighted by molar-refractivity contribution is -0.146. The molecule has 0 spiro atoms. The number of hydrogen-bond donors (Lipinski definition) is 3. The first-order chi connectivity index (χ1) is 8.94. The molecule has 2 rings (SSSR count). The molecule has 0 radical (unpaired) electrons. The molecule has 2 fully saturated rings. The maximum Gasteiger partial charge on any atom is 0.408 e. The monoisotopic (exact) mass is 269 g/mol. The van der Waals surface area contributed by atoms with Crippen LogP contribution in [0.2, 0.25) is 0 Å². The first kappa shape index (κ1) is 13.4. The molecule has 0 aromatic rings. The van der Waals surface area contributed by atoms with Gasteiger partial charge in [0.05, 0.1) is 5.92 Å². The van der Waals surface area contributed by atoms with E-state index in [0.717, 1.165) is 0 Å². The van der Waals surface area contributed by atoms with Crippen LogP contribution in [0.4, 0.5) is 4.79 Å². The number of ether oxygens (including phenoxy) is 1. The number of carbonyl (C=O) groups is 3. The van der Waals surface area contributed by atoms with Crippen LogP contribution in [0.15, 0.2) is 12.7 Å². The van der Waals surface area contributed by atoms with E-state index in [1.165, 1.54) is 6.08 Å². The number of fused-ring (bicyclic) bond motifs is 1. The Hall–Kier alpha value is -2.05. The molecule has 1 unspecified atom stereocenters. The van der Waals surface area contributed by atoms with Gasteiger partial charge in [0, 0.05) is 5.92 Å². The van der Waals surface area contributed by atoms with E-state index in [-0.39, 0.29) is 18.9 Å². The van der Waals surface area contributed by atoms with Crippen molar-refractivity contribution >= 4 is 18.0 Å². The molecule has 2 saturated carbocycles. The van der Waals surface area contributed by atoms with Crippen molar-refractivity contribution in [1.82, 2.24) is 5.32 Å². The summed E-state index contributed by atoms with van der Waals surface area (Å²) in [6.45, 7) is 3.35. The topological polar surface area (TPSA) is 113 Å². The summed E-state index contributed by atoms with van der Waals surface area (Å²) in [7, 11) is 0. The Morgan fingerprint density at radius 1 is 1.42 bits per heavy atom. The van der Waals surface area contributed by atoms with Gasteiger partial charge >= 0.3 is 18.0 Å². The Labute approximate surface area is 109 Å². The molecule has 4 atom stereocenters. The van der Waals surface area contributed by atoms with Crippen molar-refractivity contribution in [2.24, 2.45) is 17.8 Å². The third kappa shape index (κ3) is 2.05. The summed E-state index contributed by atoms with van der Waals surface area (Å²) in [5, 5.41) is 20.7. The molecule has 2 aliphatic rings. The maximum atomic E-state index is 11.5.